The highest BCUT2D eigenvalue weighted by Gasteiger charge is 2.24. The second-order valence-electron chi connectivity index (χ2n) is 2.68. The molecule has 1 aliphatic rings. The summed E-state index contributed by atoms with van der Waals surface area (Å²) in [5.74, 6) is -3.04. The normalized spacial score (nSPS) is 17.6. The molecule has 0 saturated heterocycles. The minimum atomic E-state index is -1.19. The molecule has 0 aromatic rings. The van der Waals surface area contributed by atoms with Crippen LogP contribution in [0.15, 0.2) is 28.9 Å². The minimum Gasteiger partial charge on any atom is -0.480 e. The third-order valence-corrected chi connectivity index (χ3v) is 1.58. The average Bonchev–Trinajstić information content (AvgIpc) is 2.01. The van der Waals surface area contributed by atoms with E-state index in [4.69, 9.17) is 16.6 Å². The Morgan fingerprint density at radius 2 is 2.00 bits per heavy atom. The topological polar surface area (TPSA) is 150 Å². The molecule has 16 heavy (non-hydrogen) atoms. The van der Waals surface area contributed by atoms with Crippen LogP contribution in [0.3, 0.4) is 0 Å². The van der Waals surface area contributed by atoms with Gasteiger partial charge in [-0.3, -0.25) is 9.59 Å². The van der Waals surface area contributed by atoms with E-state index in [1.807, 2.05) is 0 Å². The zero-order valence-corrected chi connectivity index (χ0v) is 8.90. The number of carbonyl (C=O) groups is 2. The second-order valence-corrected chi connectivity index (χ2v) is 2.68. The molecular weight excluding hydrogens is 238 g/mol. The fourth-order valence-electron chi connectivity index (χ4n) is 0.996. The number of rotatable bonds is 2. The lowest BCUT2D eigenvalue weighted by molar-refractivity contribution is -0.143. The van der Waals surface area contributed by atoms with Crippen LogP contribution < -0.4 is 11.5 Å². The van der Waals surface area contributed by atoms with E-state index in [9.17, 15) is 9.59 Å². The lowest BCUT2D eigenvalue weighted by Crippen LogP contribution is -2.24. The Labute approximate surface area is 97.2 Å². The number of nitrogens with zero attached hydrogens (tertiary/aromatic N) is 1. The molecule has 0 radical (unpaired) electrons. The molecule has 8 heteroatoms. The number of carboxylic acids is 1. The van der Waals surface area contributed by atoms with Crippen molar-refractivity contribution in [2.75, 3.05) is 0 Å². The number of aliphatic imine (C=N–C) groups is 1. The molecule has 90 valence electrons. The standard InChI is InChI=1S/C8H9N3O3.ClH.H2O/c9-8(10)11-4-1-2-5(7(13)14)6(12)3-4;;/h1-3,5H,(H,13,14)(H4,9,10,11);1H;1H2. The Balaban J connectivity index is 0. The van der Waals surface area contributed by atoms with Crippen molar-refractivity contribution >= 4 is 30.1 Å². The first-order chi connectivity index (χ1) is 6.50. The van der Waals surface area contributed by atoms with E-state index in [0.717, 1.165) is 6.08 Å². The predicted molar refractivity (Wildman–Crippen MR) is 60.0 cm³/mol. The van der Waals surface area contributed by atoms with Crippen molar-refractivity contribution in [3.8, 4) is 0 Å². The number of ketones is 1. The lowest BCUT2D eigenvalue weighted by atomic mass is 9.98. The monoisotopic (exact) mass is 249 g/mol. The fraction of sp³-hybridized carbons (Fsp3) is 0.125. The Bertz CT molecular complexity index is 371. The highest BCUT2D eigenvalue weighted by Crippen LogP contribution is 2.13. The van der Waals surface area contributed by atoms with Crippen LogP contribution in [0.4, 0.5) is 0 Å². The van der Waals surface area contributed by atoms with Crippen LogP contribution in [0.1, 0.15) is 0 Å². The first kappa shape index (κ1) is 16.6. The van der Waals surface area contributed by atoms with Crippen molar-refractivity contribution in [3.63, 3.8) is 0 Å². The molecule has 0 amide bonds. The van der Waals surface area contributed by atoms with Gasteiger partial charge in [0.25, 0.3) is 0 Å². The van der Waals surface area contributed by atoms with Gasteiger partial charge in [0.05, 0.1) is 5.70 Å². The Morgan fingerprint density at radius 1 is 1.44 bits per heavy atom. The van der Waals surface area contributed by atoms with Gasteiger partial charge in [-0.15, -0.1) is 12.4 Å². The lowest BCUT2D eigenvalue weighted by Gasteiger charge is -2.08. The van der Waals surface area contributed by atoms with E-state index in [1.54, 1.807) is 0 Å². The summed E-state index contributed by atoms with van der Waals surface area (Å²) in [6, 6.07) is 0. The largest absolute Gasteiger partial charge is 0.480 e. The summed E-state index contributed by atoms with van der Waals surface area (Å²) in [5, 5.41) is 8.59. The molecule has 0 bridgehead atoms. The van der Waals surface area contributed by atoms with Crippen molar-refractivity contribution in [1.29, 1.82) is 0 Å². The number of carboxylic acid groups (broad SMARTS) is 1. The van der Waals surface area contributed by atoms with Crippen LogP contribution in [0.2, 0.25) is 0 Å². The number of nitrogens with two attached hydrogens (primary N) is 2. The third kappa shape index (κ3) is 4.11. The number of guanidine groups is 1. The molecule has 1 unspecified atom stereocenters. The molecule has 0 heterocycles. The van der Waals surface area contributed by atoms with Gasteiger partial charge in [-0.25, -0.2) is 4.99 Å². The number of halogens is 1. The summed E-state index contributed by atoms with van der Waals surface area (Å²) in [4.78, 5) is 25.3. The van der Waals surface area contributed by atoms with E-state index >= 15 is 0 Å². The Hall–Kier alpha value is -1.86. The smallest absolute Gasteiger partial charge is 0.318 e. The van der Waals surface area contributed by atoms with Gasteiger partial charge < -0.3 is 22.1 Å². The van der Waals surface area contributed by atoms with Gasteiger partial charge in [0.15, 0.2) is 11.7 Å². The second kappa shape index (κ2) is 6.59. The van der Waals surface area contributed by atoms with Gasteiger partial charge in [-0.05, 0) is 6.08 Å². The molecule has 0 aromatic heterocycles. The van der Waals surface area contributed by atoms with E-state index in [2.05, 4.69) is 4.99 Å². The van der Waals surface area contributed by atoms with Gasteiger partial charge in [0, 0.05) is 6.08 Å². The van der Waals surface area contributed by atoms with E-state index in [0.29, 0.717) is 0 Å². The highest BCUT2D eigenvalue weighted by molar-refractivity contribution is 6.07. The van der Waals surface area contributed by atoms with Crippen molar-refractivity contribution in [1.82, 2.24) is 0 Å². The summed E-state index contributed by atoms with van der Waals surface area (Å²) in [6.07, 6.45) is 3.73. The van der Waals surface area contributed by atoms with Crippen LogP contribution >= 0.6 is 12.4 Å². The average molecular weight is 250 g/mol. The molecule has 0 aliphatic heterocycles. The number of allylic oxidation sites excluding steroid dienone is 2. The fourth-order valence-corrected chi connectivity index (χ4v) is 0.996. The molecule has 1 rings (SSSR count). The number of hydrogen-bond acceptors (Lipinski definition) is 3. The summed E-state index contributed by atoms with van der Waals surface area (Å²) < 4.78 is 0. The quantitative estimate of drug-likeness (QED) is 0.312. The summed E-state index contributed by atoms with van der Waals surface area (Å²) >= 11 is 0. The van der Waals surface area contributed by atoms with Crippen molar-refractivity contribution in [3.05, 3.63) is 23.9 Å². The van der Waals surface area contributed by atoms with Crippen LogP contribution in [-0.4, -0.2) is 28.3 Å². The zero-order chi connectivity index (χ0) is 10.7. The highest BCUT2D eigenvalue weighted by atomic mass is 35.5. The number of carbonyl (C=O) groups excluding carboxylic acids is 1. The molecule has 1 atom stereocenters. The van der Waals surface area contributed by atoms with Gasteiger partial charge >= 0.3 is 5.97 Å². The number of hydrogen-bond donors (Lipinski definition) is 3. The van der Waals surface area contributed by atoms with E-state index in [-0.39, 0.29) is 29.5 Å². The number of aliphatic carboxylic acids is 1. The van der Waals surface area contributed by atoms with Crippen molar-refractivity contribution in [2.24, 2.45) is 22.4 Å². The molecule has 7 N–H and O–H groups in total. The first-order valence-corrected chi connectivity index (χ1v) is 3.77. The van der Waals surface area contributed by atoms with Crippen LogP contribution in [0, 0.1) is 5.92 Å². The SMILES string of the molecule is Cl.NC(N)=NC1=CC(=O)C(C(=O)O)C=C1.O. The van der Waals surface area contributed by atoms with Crippen molar-refractivity contribution < 1.29 is 20.2 Å². The molecule has 0 saturated carbocycles. The van der Waals surface area contributed by atoms with Gasteiger partial charge in [0.2, 0.25) is 0 Å². The first-order valence-electron chi connectivity index (χ1n) is 3.77. The minimum absolute atomic E-state index is 0. The molecule has 0 aromatic carbocycles. The van der Waals surface area contributed by atoms with E-state index in [1.165, 1.54) is 12.2 Å². The van der Waals surface area contributed by atoms with E-state index < -0.39 is 17.7 Å². The maximum absolute atomic E-state index is 11.2. The molecule has 7 nitrogen and oxygen atoms in total. The van der Waals surface area contributed by atoms with Gasteiger partial charge in [0.1, 0.15) is 5.92 Å². The zero-order valence-electron chi connectivity index (χ0n) is 8.08. The van der Waals surface area contributed by atoms with Gasteiger partial charge in [-0.1, -0.05) is 6.08 Å². The molecule has 1 aliphatic carbocycles. The molecule has 0 fully saturated rings. The van der Waals surface area contributed by atoms with Crippen LogP contribution in [0.5, 0.6) is 0 Å². The summed E-state index contributed by atoms with van der Waals surface area (Å²) in [7, 11) is 0. The maximum atomic E-state index is 11.2. The Morgan fingerprint density at radius 3 is 2.38 bits per heavy atom. The Kier molecular flexibility index (Phi) is 6.82. The predicted octanol–water partition coefficient (Wildman–Crippen LogP) is -1.42. The molecular formula is C8H12ClN3O4. The van der Waals surface area contributed by atoms with Gasteiger partial charge in [-0.2, -0.15) is 0 Å². The van der Waals surface area contributed by atoms with Crippen LogP contribution in [-0.2, 0) is 9.59 Å². The summed E-state index contributed by atoms with van der Waals surface area (Å²) in [5.41, 5.74) is 10.4. The van der Waals surface area contributed by atoms with Crippen LogP contribution in [0.25, 0.3) is 0 Å². The van der Waals surface area contributed by atoms with Crippen molar-refractivity contribution in [2.45, 2.75) is 0 Å². The molecule has 0 spiro atoms. The maximum Gasteiger partial charge on any atom is 0.318 e. The summed E-state index contributed by atoms with van der Waals surface area (Å²) in [6.45, 7) is 0. The third-order valence-electron chi connectivity index (χ3n) is 1.58.